The highest BCUT2D eigenvalue weighted by molar-refractivity contribution is 7.92. The lowest BCUT2D eigenvalue weighted by Gasteiger charge is -2.18. The zero-order valence-corrected chi connectivity index (χ0v) is 15.7. The fourth-order valence-corrected chi connectivity index (χ4v) is 4.51. The van der Waals surface area contributed by atoms with Gasteiger partial charge >= 0.3 is 0 Å². The van der Waals surface area contributed by atoms with E-state index in [1.165, 1.54) is 28.6 Å². The maximum absolute atomic E-state index is 12.8. The van der Waals surface area contributed by atoms with Crippen molar-refractivity contribution in [2.24, 2.45) is 0 Å². The fraction of sp³-hybridized carbons (Fsp3) is 0.211. The van der Waals surface area contributed by atoms with E-state index in [1.54, 1.807) is 25.1 Å². The molecule has 0 bridgehead atoms. The van der Waals surface area contributed by atoms with E-state index in [-0.39, 0.29) is 23.0 Å². The van der Waals surface area contributed by atoms with Gasteiger partial charge in [-0.2, -0.15) is 0 Å². The summed E-state index contributed by atoms with van der Waals surface area (Å²) in [5, 5.41) is 11.4. The number of carbonyl (C=O) groups is 1. The summed E-state index contributed by atoms with van der Waals surface area (Å²) in [6.45, 7) is 1.95. The van der Waals surface area contributed by atoms with Crippen LogP contribution in [0, 0.1) is 10.1 Å². The summed E-state index contributed by atoms with van der Waals surface area (Å²) in [5.41, 5.74) is 2.06. The van der Waals surface area contributed by atoms with Crippen molar-refractivity contribution in [3.8, 4) is 0 Å². The van der Waals surface area contributed by atoms with E-state index < -0.39 is 14.9 Å². The first-order chi connectivity index (χ1) is 13.3. The number of rotatable bonds is 5. The van der Waals surface area contributed by atoms with Gasteiger partial charge < -0.3 is 4.42 Å². The number of nitrogens with zero attached hydrogens (tertiary/aromatic N) is 2. The van der Waals surface area contributed by atoms with Gasteiger partial charge in [-0.15, -0.1) is 0 Å². The molecule has 0 radical (unpaired) electrons. The van der Waals surface area contributed by atoms with E-state index in [1.807, 2.05) is 0 Å². The fourth-order valence-electron chi connectivity index (χ4n) is 3.36. The molecule has 0 saturated heterocycles. The lowest BCUT2D eigenvalue weighted by atomic mass is 10.0. The third-order valence-electron chi connectivity index (χ3n) is 4.83. The molecule has 0 amide bonds. The summed E-state index contributed by atoms with van der Waals surface area (Å²) < 4.78 is 31.3. The van der Waals surface area contributed by atoms with Crippen LogP contribution in [0.4, 0.5) is 11.4 Å². The van der Waals surface area contributed by atoms with Crippen LogP contribution in [-0.2, 0) is 16.4 Å². The van der Waals surface area contributed by atoms with Crippen molar-refractivity contribution in [2.45, 2.75) is 13.3 Å². The van der Waals surface area contributed by atoms with Crippen LogP contribution >= 0.6 is 0 Å². The Morgan fingerprint density at radius 2 is 2.00 bits per heavy atom. The van der Waals surface area contributed by atoms with Gasteiger partial charge in [0.25, 0.3) is 5.69 Å². The van der Waals surface area contributed by atoms with Gasteiger partial charge in [-0.25, -0.2) is 8.42 Å². The van der Waals surface area contributed by atoms with Crippen molar-refractivity contribution in [2.75, 3.05) is 16.6 Å². The first-order valence-corrected chi connectivity index (χ1v) is 10.3. The largest absolute Gasteiger partial charge is 0.453 e. The molecule has 4 rings (SSSR count). The molecule has 0 unspecified atom stereocenters. The van der Waals surface area contributed by atoms with Gasteiger partial charge in [0.15, 0.2) is 5.76 Å². The quantitative estimate of drug-likeness (QED) is 0.369. The zero-order chi connectivity index (χ0) is 20.1. The standard InChI is InChI=1S/C19H16N2O6S/c1-2-28(25,26)20-8-7-12-9-13(3-5-16(12)20)19(22)18-11-14-10-15(21(23)24)4-6-17(14)27-18/h3-6,9-11H,2,7-8H2,1H3. The summed E-state index contributed by atoms with van der Waals surface area (Å²) in [5.74, 6) is -0.275. The van der Waals surface area contributed by atoms with Gasteiger partial charge in [-0.05, 0) is 49.2 Å². The van der Waals surface area contributed by atoms with Crippen molar-refractivity contribution in [3.63, 3.8) is 0 Å². The van der Waals surface area contributed by atoms with Gasteiger partial charge in [0.1, 0.15) is 5.58 Å². The van der Waals surface area contributed by atoms with Crippen molar-refractivity contribution in [3.05, 3.63) is 69.5 Å². The highest BCUT2D eigenvalue weighted by Crippen LogP contribution is 2.32. The lowest BCUT2D eigenvalue weighted by Crippen LogP contribution is -2.30. The molecule has 2 heterocycles. The normalized spacial score (nSPS) is 13.7. The molecular formula is C19H16N2O6S. The maximum Gasteiger partial charge on any atom is 0.270 e. The van der Waals surface area contributed by atoms with Crippen LogP contribution in [0.15, 0.2) is 46.9 Å². The second kappa shape index (κ2) is 6.45. The second-order valence-electron chi connectivity index (χ2n) is 6.49. The molecule has 0 saturated carbocycles. The highest BCUT2D eigenvalue weighted by atomic mass is 32.2. The number of nitro groups is 1. The SMILES string of the molecule is CCS(=O)(=O)N1CCc2cc(C(=O)c3cc4cc([N+](=O)[O-])ccc4o3)ccc21. The number of fused-ring (bicyclic) bond motifs is 2. The van der Waals surface area contributed by atoms with E-state index >= 15 is 0 Å². The molecular weight excluding hydrogens is 384 g/mol. The van der Waals surface area contributed by atoms with E-state index in [0.29, 0.717) is 35.2 Å². The number of furan rings is 1. The van der Waals surface area contributed by atoms with Gasteiger partial charge in [0.05, 0.1) is 16.4 Å². The van der Waals surface area contributed by atoms with E-state index in [2.05, 4.69) is 0 Å². The molecule has 1 aliphatic heterocycles. The predicted molar refractivity (Wildman–Crippen MR) is 103 cm³/mol. The van der Waals surface area contributed by atoms with Gasteiger partial charge in [-0.1, -0.05) is 0 Å². The Kier molecular flexibility index (Phi) is 4.19. The van der Waals surface area contributed by atoms with Crippen molar-refractivity contribution >= 4 is 38.2 Å². The van der Waals surface area contributed by atoms with Crippen molar-refractivity contribution in [1.82, 2.24) is 0 Å². The molecule has 0 N–H and O–H groups in total. The van der Waals surface area contributed by atoms with Crippen molar-refractivity contribution in [1.29, 1.82) is 0 Å². The van der Waals surface area contributed by atoms with Crippen LogP contribution in [0.25, 0.3) is 11.0 Å². The second-order valence-corrected chi connectivity index (χ2v) is 8.67. The van der Waals surface area contributed by atoms with Gasteiger partial charge in [0.2, 0.25) is 15.8 Å². The minimum Gasteiger partial charge on any atom is -0.453 e. The Hall–Kier alpha value is -3.20. The minimum atomic E-state index is -3.35. The summed E-state index contributed by atoms with van der Waals surface area (Å²) >= 11 is 0. The average molecular weight is 400 g/mol. The lowest BCUT2D eigenvalue weighted by molar-refractivity contribution is -0.384. The van der Waals surface area contributed by atoms with E-state index in [0.717, 1.165) is 5.56 Å². The molecule has 144 valence electrons. The molecule has 1 aromatic heterocycles. The summed E-state index contributed by atoms with van der Waals surface area (Å²) in [6, 6.07) is 10.5. The molecule has 0 aliphatic carbocycles. The van der Waals surface area contributed by atoms with E-state index in [9.17, 15) is 23.3 Å². The number of hydrogen-bond donors (Lipinski definition) is 0. The van der Waals surface area contributed by atoms with Crippen LogP contribution in [0.3, 0.4) is 0 Å². The van der Waals surface area contributed by atoms with Gasteiger partial charge in [-0.3, -0.25) is 19.2 Å². The van der Waals surface area contributed by atoms with Crippen molar-refractivity contribution < 1.29 is 22.6 Å². The number of anilines is 1. The minimum absolute atomic E-state index is 0.0121. The molecule has 3 aromatic rings. The summed E-state index contributed by atoms with van der Waals surface area (Å²) in [7, 11) is -3.35. The maximum atomic E-state index is 12.8. The smallest absolute Gasteiger partial charge is 0.270 e. The first-order valence-electron chi connectivity index (χ1n) is 8.66. The Labute approximate surface area is 160 Å². The van der Waals surface area contributed by atoms with Crippen LogP contribution in [0.5, 0.6) is 0 Å². The molecule has 0 fully saturated rings. The van der Waals surface area contributed by atoms with E-state index in [4.69, 9.17) is 4.42 Å². The van der Waals surface area contributed by atoms with Crippen LogP contribution in [-0.4, -0.2) is 31.4 Å². The van der Waals surface area contributed by atoms with Crippen LogP contribution in [0.2, 0.25) is 0 Å². The number of benzene rings is 2. The molecule has 1 aliphatic rings. The Morgan fingerprint density at radius 3 is 2.71 bits per heavy atom. The number of ketones is 1. The number of carbonyl (C=O) groups excluding carboxylic acids is 1. The molecule has 0 atom stereocenters. The third kappa shape index (κ3) is 2.93. The summed E-state index contributed by atoms with van der Waals surface area (Å²) in [4.78, 5) is 23.2. The molecule has 0 spiro atoms. The molecule has 8 nitrogen and oxygen atoms in total. The number of sulfonamides is 1. The topological polar surface area (TPSA) is 111 Å². The van der Waals surface area contributed by atoms with Crippen LogP contribution in [0.1, 0.15) is 28.6 Å². The molecule has 9 heteroatoms. The van der Waals surface area contributed by atoms with Gasteiger partial charge in [0, 0.05) is 29.6 Å². The monoisotopic (exact) mass is 400 g/mol. The molecule has 28 heavy (non-hydrogen) atoms. The zero-order valence-electron chi connectivity index (χ0n) is 14.9. The highest BCUT2D eigenvalue weighted by Gasteiger charge is 2.29. The average Bonchev–Trinajstić information content (AvgIpc) is 3.30. The number of nitro benzene ring substituents is 1. The predicted octanol–water partition coefficient (Wildman–Crippen LogP) is 3.28. The Balaban J connectivity index is 1.68. The van der Waals surface area contributed by atoms with Crippen LogP contribution < -0.4 is 4.31 Å². The Bertz CT molecular complexity index is 1230. The summed E-state index contributed by atoms with van der Waals surface area (Å²) in [6.07, 6.45) is 0.530. The molecule has 2 aromatic carbocycles. The number of non-ortho nitro benzene ring substituents is 1. The first kappa shape index (κ1) is 18.2. The Morgan fingerprint density at radius 1 is 1.21 bits per heavy atom. The number of hydrogen-bond acceptors (Lipinski definition) is 6. The third-order valence-corrected chi connectivity index (χ3v) is 6.61.